The number of ether oxygens (including phenoxy) is 1. The van der Waals surface area contributed by atoms with Crippen LogP contribution in [0, 0.1) is 11.7 Å². The zero-order valence-electron chi connectivity index (χ0n) is 19.2. The van der Waals surface area contributed by atoms with Crippen LogP contribution in [0.5, 0.6) is 5.75 Å². The van der Waals surface area contributed by atoms with Gasteiger partial charge in [-0.25, -0.2) is 4.39 Å². The molecule has 2 heterocycles. The van der Waals surface area contributed by atoms with Crippen molar-refractivity contribution in [2.24, 2.45) is 5.92 Å². The number of benzene rings is 2. The van der Waals surface area contributed by atoms with Crippen LogP contribution >= 0.6 is 0 Å². The maximum Gasteiger partial charge on any atom is 0.253 e. The second-order valence-electron chi connectivity index (χ2n) is 9.00. The van der Waals surface area contributed by atoms with Crippen LogP contribution in [0.2, 0.25) is 0 Å². The molecule has 2 aromatic heterocycles. The molecule has 0 atom stereocenters. The van der Waals surface area contributed by atoms with E-state index in [1.807, 2.05) is 42.7 Å². The van der Waals surface area contributed by atoms with Gasteiger partial charge in [0.25, 0.3) is 5.91 Å². The molecule has 6 heteroatoms. The Bertz CT molecular complexity index is 1290. The molecule has 1 aliphatic carbocycles. The fraction of sp³-hybridized carbons (Fsp3) is 0.286. The van der Waals surface area contributed by atoms with Gasteiger partial charge in [0.2, 0.25) is 0 Å². The van der Waals surface area contributed by atoms with Crippen LogP contribution in [0.3, 0.4) is 0 Å². The summed E-state index contributed by atoms with van der Waals surface area (Å²) in [7, 11) is 1.64. The molecule has 1 amide bonds. The van der Waals surface area contributed by atoms with Gasteiger partial charge < -0.3 is 15.0 Å². The number of aromatic nitrogens is 2. The summed E-state index contributed by atoms with van der Waals surface area (Å²) in [4.78, 5) is 20.4. The van der Waals surface area contributed by atoms with E-state index in [1.54, 1.807) is 25.4 Å². The van der Waals surface area contributed by atoms with Crippen molar-refractivity contribution >= 4 is 16.8 Å². The number of pyridine rings is 1. The third-order valence-electron chi connectivity index (χ3n) is 6.97. The standard InChI is InChI=1S/C28H28FN3O2/c1-34-22-9-6-20(7-10-22)25-16-30-17-26(25)28(33)32-15-18-2-4-19(5-3-18)23-12-13-31-27-11-8-21(29)14-24(23)27/h6-14,16-19,30H,2-5,15H2,1H3,(H,32,33). The van der Waals surface area contributed by atoms with Crippen LogP contribution in [0.25, 0.3) is 22.0 Å². The summed E-state index contributed by atoms with van der Waals surface area (Å²) in [6, 6.07) is 14.5. The number of amides is 1. The molecule has 1 saturated carbocycles. The van der Waals surface area contributed by atoms with E-state index in [0.29, 0.717) is 23.9 Å². The normalized spacial score (nSPS) is 18.1. The van der Waals surface area contributed by atoms with Crippen LogP contribution in [-0.2, 0) is 0 Å². The van der Waals surface area contributed by atoms with E-state index in [1.165, 1.54) is 11.6 Å². The predicted molar refractivity (Wildman–Crippen MR) is 132 cm³/mol. The van der Waals surface area contributed by atoms with Crippen LogP contribution in [-0.4, -0.2) is 29.5 Å². The van der Waals surface area contributed by atoms with Crippen molar-refractivity contribution in [3.63, 3.8) is 0 Å². The SMILES string of the molecule is COc1ccc(-c2c[nH]cc2C(=O)NCC2CCC(c3ccnc4ccc(F)cc34)CC2)cc1. The quantitative estimate of drug-likeness (QED) is 0.369. The second kappa shape index (κ2) is 9.67. The van der Waals surface area contributed by atoms with Crippen molar-refractivity contribution in [3.8, 4) is 16.9 Å². The van der Waals surface area contributed by atoms with E-state index < -0.39 is 0 Å². The number of nitrogens with zero attached hydrogens (tertiary/aromatic N) is 1. The van der Waals surface area contributed by atoms with Gasteiger partial charge in [0, 0.05) is 36.1 Å². The maximum absolute atomic E-state index is 13.8. The molecule has 2 aromatic carbocycles. The van der Waals surface area contributed by atoms with E-state index >= 15 is 0 Å². The van der Waals surface area contributed by atoms with Crippen molar-refractivity contribution in [1.29, 1.82) is 0 Å². The summed E-state index contributed by atoms with van der Waals surface area (Å²) in [6.45, 7) is 0.657. The first-order valence-corrected chi connectivity index (χ1v) is 11.8. The molecule has 0 spiro atoms. The molecule has 0 unspecified atom stereocenters. The molecule has 0 bridgehead atoms. The van der Waals surface area contributed by atoms with Crippen LogP contribution < -0.4 is 10.1 Å². The van der Waals surface area contributed by atoms with Gasteiger partial charge >= 0.3 is 0 Å². The average molecular weight is 458 g/mol. The largest absolute Gasteiger partial charge is 0.497 e. The summed E-state index contributed by atoms with van der Waals surface area (Å²) in [5, 5.41) is 4.05. The minimum Gasteiger partial charge on any atom is -0.497 e. The molecular weight excluding hydrogens is 429 g/mol. The molecule has 34 heavy (non-hydrogen) atoms. The highest BCUT2D eigenvalue weighted by Crippen LogP contribution is 2.38. The van der Waals surface area contributed by atoms with Gasteiger partial charge in [0.1, 0.15) is 11.6 Å². The van der Waals surface area contributed by atoms with Crippen molar-refractivity contribution < 1.29 is 13.9 Å². The number of fused-ring (bicyclic) bond motifs is 1. The molecule has 0 radical (unpaired) electrons. The van der Waals surface area contributed by atoms with Crippen molar-refractivity contribution in [2.75, 3.05) is 13.7 Å². The van der Waals surface area contributed by atoms with E-state index in [4.69, 9.17) is 4.74 Å². The molecule has 5 rings (SSSR count). The second-order valence-corrected chi connectivity index (χ2v) is 9.00. The zero-order chi connectivity index (χ0) is 23.5. The van der Waals surface area contributed by atoms with Gasteiger partial charge in [-0.2, -0.15) is 0 Å². The first-order valence-electron chi connectivity index (χ1n) is 11.8. The number of carbonyl (C=O) groups is 1. The van der Waals surface area contributed by atoms with Gasteiger partial charge in [0.05, 0.1) is 18.2 Å². The minimum absolute atomic E-state index is 0.0650. The average Bonchev–Trinajstić information content (AvgIpc) is 3.37. The van der Waals surface area contributed by atoms with Crippen LogP contribution in [0.1, 0.15) is 47.5 Å². The number of nitrogens with one attached hydrogen (secondary N) is 2. The lowest BCUT2D eigenvalue weighted by Crippen LogP contribution is -2.31. The predicted octanol–water partition coefficient (Wildman–Crippen LogP) is 6.08. The number of carbonyl (C=O) groups excluding carboxylic acids is 1. The lowest BCUT2D eigenvalue weighted by Gasteiger charge is -2.29. The summed E-state index contributed by atoms with van der Waals surface area (Å²) in [5.41, 5.74) is 4.51. The van der Waals surface area contributed by atoms with Gasteiger partial charge in [0.15, 0.2) is 0 Å². The fourth-order valence-corrected chi connectivity index (χ4v) is 5.07. The lowest BCUT2D eigenvalue weighted by atomic mass is 9.78. The molecule has 4 aromatic rings. The Morgan fingerprint density at radius 1 is 1.09 bits per heavy atom. The third-order valence-corrected chi connectivity index (χ3v) is 6.97. The van der Waals surface area contributed by atoms with Gasteiger partial charge in [-0.3, -0.25) is 9.78 Å². The number of halogens is 1. The number of methoxy groups -OCH3 is 1. The van der Waals surface area contributed by atoms with Crippen LogP contribution in [0.15, 0.2) is 67.1 Å². The smallest absolute Gasteiger partial charge is 0.253 e. The highest BCUT2D eigenvalue weighted by molar-refractivity contribution is 6.00. The van der Waals surface area contributed by atoms with Crippen molar-refractivity contribution in [3.05, 3.63) is 84.1 Å². The molecule has 1 aliphatic rings. The molecule has 2 N–H and O–H groups in total. The van der Waals surface area contributed by atoms with Gasteiger partial charge in [-0.1, -0.05) is 12.1 Å². The molecule has 174 valence electrons. The van der Waals surface area contributed by atoms with E-state index in [2.05, 4.69) is 15.3 Å². The summed E-state index contributed by atoms with van der Waals surface area (Å²) in [5.74, 6) is 1.33. The zero-order valence-corrected chi connectivity index (χ0v) is 19.2. The Morgan fingerprint density at radius 3 is 2.65 bits per heavy atom. The number of hydrogen-bond acceptors (Lipinski definition) is 3. The lowest BCUT2D eigenvalue weighted by molar-refractivity contribution is 0.0943. The number of rotatable bonds is 6. The topological polar surface area (TPSA) is 67.0 Å². The first kappa shape index (κ1) is 22.1. The first-order chi connectivity index (χ1) is 16.6. The highest BCUT2D eigenvalue weighted by Gasteiger charge is 2.25. The number of aromatic amines is 1. The highest BCUT2D eigenvalue weighted by atomic mass is 19.1. The van der Waals surface area contributed by atoms with Crippen molar-refractivity contribution in [2.45, 2.75) is 31.6 Å². The Hall–Kier alpha value is -3.67. The summed E-state index contributed by atoms with van der Waals surface area (Å²) in [6.07, 6.45) is 9.53. The summed E-state index contributed by atoms with van der Waals surface area (Å²) >= 11 is 0. The van der Waals surface area contributed by atoms with Gasteiger partial charge in [-0.05, 0) is 85.0 Å². The maximum atomic E-state index is 13.8. The third kappa shape index (κ3) is 4.53. The summed E-state index contributed by atoms with van der Waals surface area (Å²) < 4.78 is 19.1. The van der Waals surface area contributed by atoms with E-state index in [-0.39, 0.29) is 11.7 Å². The molecule has 0 aliphatic heterocycles. The fourth-order valence-electron chi connectivity index (χ4n) is 5.07. The Labute approximate surface area is 198 Å². The van der Waals surface area contributed by atoms with Gasteiger partial charge in [-0.15, -0.1) is 0 Å². The van der Waals surface area contributed by atoms with Crippen molar-refractivity contribution in [1.82, 2.24) is 15.3 Å². The number of H-pyrrole nitrogens is 1. The molecule has 1 fully saturated rings. The van der Waals surface area contributed by atoms with E-state index in [9.17, 15) is 9.18 Å². The van der Waals surface area contributed by atoms with E-state index in [0.717, 1.165) is 53.5 Å². The Balaban J connectivity index is 1.20. The van der Waals surface area contributed by atoms with Crippen LogP contribution in [0.4, 0.5) is 4.39 Å². The molecule has 0 saturated heterocycles. The molecular formula is C28H28FN3O2. The minimum atomic E-state index is -0.225. The molecule has 5 nitrogen and oxygen atoms in total. The monoisotopic (exact) mass is 457 g/mol. The Morgan fingerprint density at radius 2 is 1.88 bits per heavy atom. The number of hydrogen-bond donors (Lipinski definition) is 2. The Kier molecular flexibility index (Phi) is 6.30.